The third kappa shape index (κ3) is 2.88. The van der Waals surface area contributed by atoms with Gasteiger partial charge in [0.15, 0.2) is 11.5 Å². The van der Waals surface area contributed by atoms with Crippen molar-refractivity contribution in [2.24, 2.45) is 5.92 Å². The number of para-hydroxylation sites is 1. The molecule has 0 aromatic heterocycles. The smallest absolute Gasteiger partial charge is 0.223 e. The van der Waals surface area contributed by atoms with E-state index < -0.39 is 0 Å². The van der Waals surface area contributed by atoms with Gasteiger partial charge in [0, 0.05) is 25.4 Å². The summed E-state index contributed by atoms with van der Waals surface area (Å²) < 4.78 is 10.7. The molecular formula is C16H19NO3. The summed E-state index contributed by atoms with van der Waals surface area (Å²) >= 11 is 0. The summed E-state index contributed by atoms with van der Waals surface area (Å²) in [5, 5.41) is 0. The predicted octanol–water partition coefficient (Wildman–Crippen LogP) is 1.73. The number of rotatable bonds is 5. The maximum Gasteiger partial charge on any atom is 0.223 e. The van der Waals surface area contributed by atoms with Crippen LogP contribution in [0.2, 0.25) is 0 Å². The molecule has 106 valence electrons. The van der Waals surface area contributed by atoms with Crippen molar-refractivity contribution in [1.29, 1.82) is 0 Å². The Balaban J connectivity index is 2.05. The molecule has 1 fully saturated rings. The fraction of sp³-hybridized carbons (Fsp3) is 0.438. The Labute approximate surface area is 119 Å². The van der Waals surface area contributed by atoms with Gasteiger partial charge in [-0.1, -0.05) is 12.1 Å². The van der Waals surface area contributed by atoms with Gasteiger partial charge in [-0.05, 0) is 18.1 Å². The third-order valence-corrected chi connectivity index (χ3v) is 3.59. The molecule has 0 spiro atoms. The minimum Gasteiger partial charge on any atom is -0.493 e. The van der Waals surface area contributed by atoms with Crippen LogP contribution in [0.4, 0.5) is 0 Å². The average molecular weight is 273 g/mol. The summed E-state index contributed by atoms with van der Waals surface area (Å²) in [4.78, 5) is 13.6. The summed E-state index contributed by atoms with van der Waals surface area (Å²) in [5.41, 5.74) is 1.03. The van der Waals surface area contributed by atoms with Gasteiger partial charge in [0.05, 0.1) is 14.2 Å². The van der Waals surface area contributed by atoms with Gasteiger partial charge in [-0.3, -0.25) is 4.79 Å². The van der Waals surface area contributed by atoms with Crippen LogP contribution >= 0.6 is 0 Å². The second-order valence-corrected chi connectivity index (χ2v) is 4.81. The van der Waals surface area contributed by atoms with E-state index in [0.717, 1.165) is 17.7 Å². The Kier molecular flexibility index (Phi) is 4.52. The summed E-state index contributed by atoms with van der Waals surface area (Å²) in [6.07, 6.45) is 6.57. The topological polar surface area (TPSA) is 38.8 Å². The zero-order chi connectivity index (χ0) is 14.5. The molecule has 1 aromatic carbocycles. The first-order valence-corrected chi connectivity index (χ1v) is 6.63. The van der Waals surface area contributed by atoms with Gasteiger partial charge in [0.25, 0.3) is 0 Å². The molecule has 0 N–H and O–H groups in total. The van der Waals surface area contributed by atoms with Crippen LogP contribution in [0.3, 0.4) is 0 Å². The number of carbonyl (C=O) groups excluding carboxylic acids is 1. The first-order valence-electron chi connectivity index (χ1n) is 6.63. The summed E-state index contributed by atoms with van der Waals surface area (Å²) in [5.74, 6) is 4.28. The molecule has 0 aliphatic carbocycles. The van der Waals surface area contributed by atoms with Crippen LogP contribution < -0.4 is 9.47 Å². The van der Waals surface area contributed by atoms with Crippen LogP contribution in [0, 0.1) is 18.3 Å². The number of benzene rings is 1. The Hall–Kier alpha value is -2.15. The van der Waals surface area contributed by atoms with Crippen molar-refractivity contribution in [3.8, 4) is 23.8 Å². The number of carbonyl (C=O) groups is 1. The number of hydrogen-bond donors (Lipinski definition) is 0. The van der Waals surface area contributed by atoms with E-state index in [1.165, 1.54) is 0 Å². The van der Waals surface area contributed by atoms with Gasteiger partial charge < -0.3 is 14.4 Å². The zero-order valence-corrected chi connectivity index (χ0v) is 11.9. The average Bonchev–Trinajstić information content (AvgIpc) is 2.84. The maximum absolute atomic E-state index is 11.8. The van der Waals surface area contributed by atoms with Crippen LogP contribution in [-0.4, -0.2) is 38.1 Å². The van der Waals surface area contributed by atoms with E-state index in [1.54, 1.807) is 14.2 Å². The highest BCUT2D eigenvalue weighted by Crippen LogP contribution is 2.31. The van der Waals surface area contributed by atoms with E-state index in [0.29, 0.717) is 25.3 Å². The highest BCUT2D eigenvalue weighted by atomic mass is 16.5. The molecule has 4 nitrogen and oxygen atoms in total. The van der Waals surface area contributed by atoms with Gasteiger partial charge in [-0.2, -0.15) is 0 Å². The molecular weight excluding hydrogens is 254 g/mol. The lowest BCUT2D eigenvalue weighted by Gasteiger charge is -2.17. The summed E-state index contributed by atoms with van der Waals surface area (Å²) in [6.45, 7) is 1.31. The van der Waals surface area contributed by atoms with Crippen molar-refractivity contribution in [2.45, 2.75) is 12.8 Å². The molecule has 0 saturated carbocycles. The third-order valence-electron chi connectivity index (χ3n) is 3.59. The molecule has 1 aliphatic rings. The van der Waals surface area contributed by atoms with Crippen molar-refractivity contribution in [3.05, 3.63) is 23.8 Å². The van der Waals surface area contributed by atoms with Crippen molar-refractivity contribution in [1.82, 2.24) is 4.90 Å². The van der Waals surface area contributed by atoms with Crippen molar-refractivity contribution >= 4 is 5.91 Å². The van der Waals surface area contributed by atoms with Crippen LogP contribution in [0.1, 0.15) is 12.0 Å². The first kappa shape index (κ1) is 14.3. The number of hydrogen-bond acceptors (Lipinski definition) is 3. The predicted molar refractivity (Wildman–Crippen MR) is 76.8 cm³/mol. The van der Waals surface area contributed by atoms with Gasteiger partial charge >= 0.3 is 0 Å². The lowest BCUT2D eigenvalue weighted by molar-refractivity contribution is -0.127. The Morgan fingerprint density at radius 2 is 2.20 bits per heavy atom. The minimum absolute atomic E-state index is 0.0507. The van der Waals surface area contributed by atoms with E-state index in [1.807, 2.05) is 23.1 Å². The van der Waals surface area contributed by atoms with Crippen LogP contribution in [-0.2, 0) is 11.2 Å². The molecule has 1 saturated heterocycles. The molecule has 0 radical (unpaired) electrons. The van der Waals surface area contributed by atoms with Gasteiger partial charge in [-0.25, -0.2) is 0 Å². The number of nitrogens with zero attached hydrogens (tertiary/aromatic N) is 1. The fourth-order valence-electron chi connectivity index (χ4n) is 2.51. The van der Waals surface area contributed by atoms with Crippen molar-refractivity contribution in [3.63, 3.8) is 0 Å². The molecule has 1 unspecified atom stereocenters. The van der Waals surface area contributed by atoms with Crippen LogP contribution in [0.25, 0.3) is 0 Å². The van der Waals surface area contributed by atoms with E-state index in [2.05, 4.69) is 5.92 Å². The van der Waals surface area contributed by atoms with E-state index in [4.69, 9.17) is 15.9 Å². The molecule has 1 heterocycles. The van der Waals surface area contributed by atoms with Crippen molar-refractivity contribution < 1.29 is 14.3 Å². The number of ether oxygens (including phenoxy) is 2. The van der Waals surface area contributed by atoms with Gasteiger partial charge in [0.1, 0.15) is 0 Å². The maximum atomic E-state index is 11.8. The number of methoxy groups -OCH3 is 2. The van der Waals surface area contributed by atoms with Crippen LogP contribution in [0.5, 0.6) is 11.5 Å². The molecule has 0 bridgehead atoms. The SMILES string of the molecule is C#CC1CC(=O)N(CCc2cccc(OC)c2OC)C1. The molecule has 1 aromatic rings. The number of amides is 1. The number of likely N-dealkylation sites (tertiary alicyclic amines) is 1. The van der Waals surface area contributed by atoms with Crippen LogP contribution in [0.15, 0.2) is 18.2 Å². The highest BCUT2D eigenvalue weighted by Gasteiger charge is 2.27. The van der Waals surface area contributed by atoms with Gasteiger partial charge in [-0.15, -0.1) is 12.3 Å². The highest BCUT2D eigenvalue weighted by molar-refractivity contribution is 5.79. The Morgan fingerprint density at radius 3 is 2.80 bits per heavy atom. The zero-order valence-electron chi connectivity index (χ0n) is 11.9. The second-order valence-electron chi connectivity index (χ2n) is 4.81. The summed E-state index contributed by atoms with van der Waals surface area (Å²) in [6, 6.07) is 5.77. The standard InChI is InChI=1S/C16H19NO3/c1-4-12-10-15(18)17(11-12)9-8-13-6-5-7-14(19-2)16(13)20-3/h1,5-7,12H,8-11H2,2-3H3. The Morgan fingerprint density at radius 1 is 1.40 bits per heavy atom. The molecule has 1 amide bonds. The Bertz CT molecular complexity index is 533. The minimum atomic E-state index is 0.0507. The fourth-order valence-corrected chi connectivity index (χ4v) is 2.51. The van der Waals surface area contributed by atoms with E-state index in [-0.39, 0.29) is 11.8 Å². The largest absolute Gasteiger partial charge is 0.493 e. The molecule has 4 heteroatoms. The molecule has 1 aliphatic heterocycles. The quantitative estimate of drug-likeness (QED) is 0.767. The molecule has 20 heavy (non-hydrogen) atoms. The van der Waals surface area contributed by atoms with E-state index >= 15 is 0 Å². The first-order chi connectivity index (χ1) is 9.69. The summed E-state index contributed by atoms with van der Waals surface area (Å²) in [7, 11) is 3.24. The van der Waals surface area contributed by atoms with Crippen molar-refractivity contribution in [2.75, 3.05) is 27.3 Å². The van der Waals surface area contributed by atoms with Gasteiger partial charge in [0.2, 0.25) is 5.91 Å². The van der Waals surface area contributed by atoms with E-state index in [9.17, 15) is 4.79 Å². The second kappa shape index (κ2) is 6.33. The lowest BCUT2D eigenvalue weighted by atomic mass is 10.1. The monoisotopic (exact) mass is 273 g/mol. The number of terminal acetylenes is 1. The normalized spacial score (nSPS) is 17.9. The molecule has 2 rings (SSSR count). The molecule has 1 atom stereocenters. The lowest BCUT2D eigenvalue weighted by Crippen LogP contribution is -2.27.